The highest BCUT2D eigenvalue weighted by Crippen LogP contribution is 2.31. The number of nitro groups is 1. The zero-order valence-corrected chi connectivity index (χ0v) is 8.48. The van der Waals surface area contributed by atoms with E-state index >= 15 is 0 Å². The molecule has 0 amide bonds. The van der Waals surface area contributed by atoms with Crippen LogP contribution in [0.1, 0.15) is 18.1 Å². The average Bonchev–Trinajstić information content (AvgIpc) is 2.26. The van der Waals surface area contributed by atoms with Gasteiger partial charge in [-0.05, 0) is 18.1 Å². The second kappa shape index (κ2) is 4.42. The molecule has 0 unspecified atom stereocenters. The summed E-state index contributed by atoms with van der Waals surface area (Å²) >= 11 is 0. The van der Waals surface area contributed by atoms with Gasteiger partial charge in [0.25, 0.3) is 0 Å². The van der Waals surface area contributed by atoms with E-state index < -0.39 is 4.92 Å². The Kier molecular flexibility index (Phi) is 3.24. The largest absolute Gasteiger partial charge is 0.489 e. The number of benzene rings is 1. The van der Waals surface area contributed by atoms with Crippen molar-refractivity contribution in [1.29, 1.82) is 5.26 Å². The Hall–Kier alpha value is -2.09. The second-order valence-electron chi connectivity index (χ2n) is 2.92. The van der Waals surface area contributed by atoms with Crippen LogP contribution in [0.3, 0.4) is 0 Å². The van der Waals surface area contributed by atoms with Crippen LogP contribution >= 0.6 is 0 Å². The van der Waals surface area contributed by atoms with Crippen LogP contribution in [-0.2, 0) is 6.42 Å². The van der Waals surface area contributed by atoms with Crippen molar-refractivity contribution in [3.05, 3.63) is 33.4 Å². The van der Waals surface area contributed by atoms with E-state index in [0.717, 1.165) is 5.56 Å². The van der Waals surface area contributed by atoms with Crippen LogP contribution in [0.2, 0.25) is 0 Å². The van der Waals surface area contributed by atoms with E-state index in [9.17, 15) is 10.1 Å². The lowest BCUT2D eigenvalue weighted by molar-refractivity contribution is -0.385. The van der Waals surface area contributed by atoms with Gasteiger partial charge >= 0.3 is 5.69 Å². The summed E-state index contributed by atoms with van der Waals surface area (Å²) < 4.78 is 4.86. The normalized spacial score (nSPS) is 9.40. The van der Waals surface area contributed by atoms with Crippen molar-refractivity contribution < 1.29 is 9.66 Å². The molecule has 0 aliphatic rings. The molecule has 0 N–H and O–H groups in total. The topological polar surface area (TPSA) is 76.2 Å². The lowest BCUT2D eigenvalue weighted by Gasteiger charge is -2.05. The molecule has 0 aliphatic heterocycles. The maximum atomic E-state index is 10.7. The Balaban J connectivity index is 3.48. The number of ether oxygens (including phenoxy) is 1. The predicted octanol–water partition coefficient (Wildman–Crippen LogP) is 2.04. The van der Waals surface area contributed by atoms with Crippen LogP contribution < -0.4 is 4.74 Å². The highest BCUT2D eigenvalue weighted by molar-refractivity contribution is 5.58. The first-order valence-electron chi connectivity index (χ1n) is 4.39. The van der Waals surface area contributed by atoms with E-state index in [4.69, 9.17) is 10.00 Å². The van der Waals surface area contributed by atoms with E-state index in [0.29, 0.717) is 6.42 Å². The summed E-state index contributed by atoms with van der Waals surface area (Å²) in [6, 6.07) is 4.92. The molecular weight excluding hydrogens is 196 g/mol. The van der Waals surface area contributed by atoms with Crippen LogP contribution in [0.25, 0.3) is 0 Å². The molecule has 1 rings (SSSR count). The third-order valence-electron chi connectivity index (χ3n) is 2.06. The molecule has 0 heterocycles. The van der Waals surface area contributed by atoms with Gasteiger partial charge in [0.2, 0.25) is 5.75 Å². The summed E-state index contributed by atoms with van der Waals surface area (Å²) in [5, 5.41) is 19.6. The smallest absolute Gasteiger partial charge is 0.312 e. The first kappa shape index (κ1) is 11.0. The quantitative estimate of drug-likeness (QED) is 0.560. The van der Waals surface area contributed by atoms with E-state index in [2.05, 4.69) is 0 Å². The molecule has 1 aromatic carbocycles. The Morgan fingerprint density at radius 1 is 1.60 bits per heavy atom. The molecule has 0 saturated heterocycles. The van der Waals surface area contributed by atoms with Crippen LogP contribution in [0, 0.1) is 21.4 Å². The molecule has 0 fully saturated rings. The zero-order chi connectivity index (χ0) is 11.4. The number of hydrogen-bond donors (Lipinski definition) is 0. The van der Waals surface area contributed by atoms with Crippen LogP contribution in [0.5, 0.6) is 5.75 Å². The van der Waals surface area contributed by atoms with Gasteiger partial charge in [0, 0.05) is 6.07 Å². The number of aryl methyl sites for hydroxylation is 1. The van der Waals surface area contributed by atoms with Crippen LogP contribution in [0.4, 0.5) is 5.69 Å². The van der Waals surface area contributed by atoms with Gasteiger partial charge in [0.15, 0.2) is 0 Å². The number of rotatable bonds is 3. The molecular formula is C10H10N2O3. The fourth-order valence-corrected chi connectivity index (χ4v) is 1.31. The summed E-state index contributed by atoms with van der Waals surface area (Å²) in [6.45, 7) is 1.87. The standard InChI is InChI=1S/C10H10N2O3/c1-3-7-4-8(6-11)10(15-2)9(5-7)12(13)14/h4-5H,3H2,1-2H3. The molecule has 0 spiro atoms. The molecule has 1 aromatic rings. The Morgan fingerprint density at radius 2 is 2.27 bits per heavy atom. The lowest BCUT2D eigenvalue weighted by atomic mass is 10.1. The van der Waals surface area contributed by atoms with E-state index in [1.54, 1.807) is 6.07 Å². The number of nitro benzene ring substituents is 1. The molecule has 78 valence electrons. The Labute approximate surface area is 87.1 Å². The molecule has 0 atom stereocenters. The zero-order valence-electron chi connectivity index (χ0n) is 8.48. The molecule has 0 radical (unpaired) electrons. The van der Waals surface area contributed by atoms with Crippen LogP contribution in [0.15, 0.2) is 12.1 Å². The van der Waals surface area contributed by atoms with Gasteiger partial charge in [-0.15, -0.1) is 0 Å². The first-order valence-corrected chi connectivity index (χ1v) is 4.39. The van der Waals surface area contributed by atoms with Gasteiger partial charge in [-0.1, -0.05) is 6.92 Å². The molecule has 15 heavy (non-hydrogen) atoms. The SMILES string of the molecule is CCc1cc(C#N)c(OC)c([N+](=O)[O-])c1. The van der Waals surface area contributed by atoms with E-state index in [1.807, 2.05) is 13.0 Å². The van der Waals surface area contributed by atoms with Crippen molar-refractivity contribution in [2.45, 2.75) is 13.3 Å². The molecule has 0 aromatic heterocycles. The minimum Gasteiger partial charge on any atom is -0.489 e. The fourth-order valence-electron chi connectivity index (χ4n) is 1.31. The first-order chi connectivity index (χ1) is 7.13. The van der Waals surface area contributed by atoms with Gasteiger partial charge in [-0.2, -0.15) is 5.26 Å². The van der Waals surface area contributed by atoms with Crippen LogP contribution in [-0.4, -0.2) is 12.0 Å². The molecule has 5 heteroatoms. The van der Waals surface area contributed by atoms with E-state index in [1.165, 1.54) is 13.2 Å². The maximum absolute atomic E-state index is 10.7. The Morgan fingerprint density at radius 3 is 2.67 bits per heavy atom. The molecule has 0 bridgehead atoms. The third kappa shape index (κ3) is 2.05. The predicted molar refractivity (Wildman–Crippen MR) is 53.7 cm³/mol. The molecule has 0 aliphatic carbocycles. The lowest BCUT2D eigenvalue weighted by Crippen LogP contribution is -1.98. The summed E-state index contributed by atoms with van der Waals surface area (Å²) in [5.74, 6) is 0.0275. The summed E-state index contributed by atoms with van der Waals surface area (Å²) in [6.07, 6.45) is 0.638. The number of nitriles is 1. The van der Waals surface area contributed by atoms with Crippen molar-refractivity contribution in [3.8, 4) is 11.8 Å². The maximum Gasteiger partial charge on any atom is 0.312 e. The number of nitrogens with zero attached hydrogens (tertiary/aromatic N) is 2. The Bertz CT molecular complexity index is 435. The van der Waals surface area contributed by atoms with Crippen molar-refractivity contribution in [1.82, 2.24) is 0 Å². The van der Waals surface area contributed by atoms with Crippen molar-refractivity contribution in [2.75, 3.05) is 7.11 Å². The van der Waals surface area contributed by atoms with Gasteiger partial charge in [-0.3, -0.25) is 10.1 Å². The van der Waals surface area contributed by atoms with Gasteiger partial charge in [-0.25, -0.2) is 0 Å². The molecule has 0 saturated carbocycles. The summed E-state index contributed by atoms with van der Waals surface area (Å²) in [5.41, 5.74) is 0.788. The van der Waals surface area contributed by atoms with E-state index in [-0.39, 0.29) is 17.0 Å². The van der Waals surface area contributed by atoms with Gasteiger partial charge in [0.1, 0.15) is 11.6 Å². The van der Waals surface area contributed by atoms with Gasteiger partial charge in [0.05, 0.1) is 12.0 Å². The molecule has 5 nitrogen and oxygen atoms in total. The number of methoxy groups -OCH3 is 1. The second-order valence-corrected chi connectivity index (χ2v) is 2.92. The van der Waals surface area contributed by atoms with Crippen molar-refractivity contribution in [3.63, 3.8) is 0 Å². The van der Waals surface area contributed by atoms with Crippen molar-refractivity contribution >= 4 is 5.69 Å². The highest BCUT2D eigenvalue weighted by Gasteiger charge is 2.19. The van der Waals surface area contributed by atoms with Crippen molar-refractivity contribution in [2.24, 2.45) is 0 Å². The summed E-state index contributed by atoms with van der Waals surface area (Å²) in [7, 11) is 1.31. The van der Waals surface area contributed by atoms with Gasteiger partial charge < -0.3 is 4.74 Å². The minimum atomic E-state index is -0.543. The fraction of sp³-hybridized carbons (Fsp3) is 0.300. The number of hydrogen-bond acceptors (Lipinski definition) is 4. The minimum absolute atomic E-state index is 0.0275. The highest BCUT2D eigenvalue weighted by atomic mass is 16.6. The third-order valence-corrected chi connectivity index (χ3v) is 2.06. The average molecular weight is 206 g/mol. The monoisotopic (exact) mass is 206 g/mol. The summed E-state index contributed by atoms with van der Waals surface area (Å²) in [4.78, 5) is 10.2.